The third-order valence-corrected chi connectivity index (χ3v) is 0. The predicted octanol–water partition coefficient (Wildman–Crippen LogP) is -5.09. The molecule has 0 atom stereocenters. The maximum atomic E-state index is 8.68. The van der Waals surface area contributed by atoms with E-state index in [9.17, 15) is 0 Å². The summed E-state index contributed by atoms with van der Waals surface area (Å²) in [4.78, 5) is 0. The molecule has 6 heteroatoms. The van der Waals surface area contributed by atoms with Gasteiger partial charge in [-0.1, -0.05) is 0 Å². The van der Waals surface area contributed by atoms with Gasteiger partial charge in [0, 0.05) is 0 Å². The van der Waals surface area contributed by atoms with Gasteiger partial charge >= 0.3 is 53.0 Å². The SMILES string of the molecule is [Br][Ag].[O-][I+2]([O-])O. The number of hydrogen-bond donors (Lipinski definition) is 1. The molecule has 0 radical (unpaired) electrons. The molecule has 0 spiro atoms. The van der Waals surface area contributed by atoms with Gasteiger partial charge in [-0.25, -0.2) is 0 Å². The van der Waals surface area contributed by atoms with Crippen molar-refractivity contribution in [2.75, 3.05) is 0 Å². The Morgan fingerprint density at radius 1 is 1.50 bits per heavy atom. The van der Waals surface area contributed by atoms with Crippen LogP contribution >= 0.6 is 13.0 Å². The molecule has 6 heavy (non-hydrogen) atoms. The maximum absolute atomic E-state index is 8.68. The summed E-state index contributed by atoms with van der Waals surface area (Å²) in [5.74, 6) is 0. The second-order valence-electron chi connectivity index (χ2n) is 0.201. The Balaban J connectivity index is 0. The van der Waals surface area contributed by atoms with Gasteiger partial charge in [0.1, 0.15) is 0 Å². The molecule has 0 aliphatic rings. The predicted molar refractivity (Wildman–Crippen MR) is 11.1 cm³/mol. The number of hydrogen-bond acceptors (Lipinski definition) is 3. The van der Waals surface area contributed by atoms with Crippen molar-refractivity contribution >= 4 is 13.0 Å². The van der Waals surface area contributed by atoms with Crippen LogP contribution in [-0.2, 0) is 18.9 Å². The Morgan fingerprint density at radius 3 is 1.50 bits per heavy atom. The Kier molecular flexibility index (Phi) is 17.8. The van der Waals surface area contributed by atoms with E-state index in [2.05, 4.69) is 32.0 Å². The largest absolute Gasteiger partial charge is 0.503 e. The van der Waals surface area contributed by atoms with Crippen LogP contribution in [0.5, 0.6) is 0 Å². The summed E-state index contributed by atoms with van der Waals surface area (Å²) in [6.07, 6.45) is 0. The third kappa shape index (κ3) is 40.6. The van der Waals surface area contributed by atoms with Gasteiger partial charge in [-0.2, -0.15) is 0 Å². The molecule has 0 aromatic rings. The summed E-state index contributed by atoms with van der Waals surface area (Å²) in [5, 5.41) is 0. The van der Waals surface area contributed by atoms with Crippen LogP contribution in [0.25, 0.3) is 0 Å². The zero-order valence-electron chi connectivity index (χ0n) is 2.32. The monoisotopic (exact) mass is 362 g/mol. The van der Waals surface area contributed by atoms with E-state index in [1.54, 1.807) is 0 Å². The van der Waals surface area contributed by atoms with E-state index in [1.807, 2.05) is 0 Å². The molecule has 1 N–H and O–H groups in total. The van der Waals surface area contributed by atoms with Gasteiger partial charge in [0.25, 0.3) is 0 Å². The first-order valence-electron chi connectivity index (χ1n) is 0.592. The minimum Gasteiger partial charge on any atom is -0.396 e. The van der Waals surface area contributed by atoms with Crippen LogP contribution in [0, 0.1) is 0 Å². The molecular weight excluding hydrogens is 363 g/mol. The van der Waals surface area contributed by atoms with Crippen LogP contribution in [0.2, 0.25) is 0 Å². The topological polar surface area (TPSA) is 66.3 Å². The van der Waals surface area contributed by atoms with E-state index in [0.29, 0.717) is 0 Å². The van der Waals surface area contributed by atoms with Crippen molar-refractivity contribution in [2.45, 2.75) is 0 Å². The van der Waals surface area contributed by atoms with Crippen molar-refractivity contribution in [3.8, 4) is 0 Å². The minimum atomic E-state index is -3.76. The standard InChI is InChI=1S/Ag.BrH.HIO3/c;;2-1(3)4/h;1H;2H/q+1;;/p-1. The van der Waals surface area contributed by atoms with Crippen LogP contribution in [0.15, 0.2) is 0 Å². The van der Waals surface area contributed by atoms with Crippen LogP contribution in [-0.4, -0.2) is 3.44 Å². The normalized spacial score (nSPS) is 7.17. The van der Waals surface area contributed by atoms with E-state index in [0.717, 1.165) is 0 Å². The number of halogens is 2. The summed E-state index contributed by atoms with van der Waals surface area (Å²) in [6.45, 7) is 0. The molecule has 0 saturated carbocycles. The van der Waals surface area contributed by atoms with Gasteiger partial charge < -0.3 is 6.87 Å². The zero-order valence-corrected chi connectivity index (χ0v) is 7.55. The molecule has 0 heterocycles. The van der Waals surface area contributed by atoms with Crippen molar-refractivity contribution in [2.24, 2.45) is 0 Å². The van der Waals surface area contributed by atoms with Crippen LogP contribution in [0.3, 0.4) is 0 Å². The molecule has 0 unspecified atom stereocenters. The van der Waals surface area contributed by atoms with Gasteiger partial charge in [0.05, 0.1) is 0 Å². The first kappa shape index (κ1) is 10.7. The van der Waals surface area contributed by atoms with E-state index < -0.39 is 21.1 Å². The van der Waals surface area contributed by atoms with Gasteiger partial charge in [0.2, 0.25) is 0 Å². The van der Waals surface area contributed by atoms with Crippen molar-refractivity contribution in [3.05, 3.63) is 0 Å². The van der Waals surface area contributed by atoms with Crippen LogP contribution in [0.1, 0.15) is 0 Å². The summed E-state index contributed by atoms with van der Waals surface area (Å²) >= 11 is 1.75. The van der Waals surface area contributed by atoms with Crippen molar-refractivity contribution in [1.29, 1.82) is 0 Å². The molecule has 0 fully saturated rings. The maximum Gasteiger partial charge on any atom is 0.503 e. The summed E-state index contributed by atoms with van der Waals surface area (Å²) in [7, 11) is 0. The van der Waals surface area contributed by atoms with Gasteiger partial charge in [-0.3, -0.25) is 0 Å². The zero-order chi connectivity index (χ0) is 5.58. The van der Waals surface area contributed by atoms with E-state index in [1.165, 1.54) is 0 Å². The van der Waals surface area contributed by atoms with Gasteiger partial charge in [0.15, 0.2) is 0 Å². The first-order chi connectivity index (χ1) is 2.73. The average molecular weight is 364 g/mol. The van der Waals surface area contributed by atoms with Crippen molar-refractivity contribution in [3.63, 3.8) is 0 Å². The Morgan fingerprint density at radius 2 is 1.50 bits per heavy atom. The molecule has 44 valence electrons. The Hall–Kier alpha value is 1.83. The summed E-state index contributed by atoms with van der Waals surface area (Å²) < 4.78 is 24.5. The second kappa shape index (κ2) is 9.95. The van der Waals surface area contributed by atoms with Crippen molar-refractivity contribution in [1.82, 2.24) is 0 Å². The Bertz CT molecular complexity index is 15.5. The smallest absolute Gasteiger partial charge is 0.396 e. The Labute approximate surface area is 62.7 Å². The molecule has 0 rings (SSSR count). The minimum absolute atomic E-state index is 2.75. The number of rotatable bonds is 0. The fraction of sp³-hybridized carbons (Fsp3) is 0. The van der Waals surface area contributed by atoms with Crippen LogP contribution in [0.4, 0.5) is 0 Å². The molecule has 0 saturated heterocycles. The van der Waals surface area contributed by atoms with Crippen molar-refractivity contribution < 1.29 is 50.3 Å². The summed E-state index contributed by atoms with van der Waals surface area (Å²) in [5.41, 5.74) is 0. The fourth-order valence-corrected chi connectivity index (χ4v) is 0. The molecule has 0 aromatic heterocycles. The van der Waals surface area contributed by atoms with Gasteiger partial charge in [-0.15, -0.1) is 0 Å². The van der Waals surface area contributed by atoms with E-state index >= 15 is 0 Å². The first-order valence-corrected chi connectivity index (χ1v) is 6.71. The fourth-order valence-electron chi connectivity index (χ4n) is 0. The second-order valence-corrected chi connectivity index (χ2v) is 1.35. The van der Waals surface area contributed by atoms with Gasteiger partial charge in [-0.05, 0) is 3.44 Å². The quantitative estimate of drug-likeness (QED) is 0.346. The van der Waals surface area contributed by atoms with E-state index in [4.69, 9.17) is 10.3 Å². The summed E-state index contributed by atoms with van der Waals surface area (Å²) in [6, 6.07) is 0. The average Bonchev–Trinajstić information content (AvgIpc) is 1.41. The molecule has 0 aliphatic heterocycles. The molecule has 0 amide bonds. The van der Waals surface area contributed by atoms with E-state index in [-0.39, 0.29) is 0 Å². The van der Waals surface area contributed by atoms with Crippen LogP contribution < -0.4 is 27.9 Å². The molecule has 3 nitrogen and oxygen atoms in total. The molecular formula is HAgBrIO3. The third-order valence-electron chi connectivity index (χ3n) is 0. The molecule has 0 bridgehead atoms. The molecule has 0 aromatic carbocycles. The molecule has 0 aliphatic carbocycles.